The molecule has 0 saturated heterocycles. The highest BCUT2D eigenvalue weighted by Gasteiger charge is 2.69. The molecule has 0 aromatic rings. The molecule has 20 bridgehead atoms. The summed E-state index contributed by atoms with van der Waals surface area (Å²) in [6, 6.07) is 0. The molecule has 27 unspecified atom stereocenters. The van der Waals surface area contributed by atoms with Crippen LogP contribution < -0.4 is 0 Å². The summed E-state index contributed by atoms with van der Waals surface area (Å²) in [5, 5.41) is 0. The first-order chi connectivity index (χ1) is 44.9. The molecule has 94 heavy (non-hydrogen) atoms. The largest absolute Gasteiger partial charge is 0.462 e. The van der Waals surface area contributed by atoms with Gasteiger partial charge in [-0.3, -0.25) is 33.6 Å². The number of hydrogen-bond acceptors (Lipinski definition) is 16. The topological polar surface area (TPSA) is 210 Å². The third kappa shape index (κ3) is 11.4. The van der Waals surface area contributed by atoms with E-state index < -0.39 is 10.8 Å². The van der Waals surface area contributed by atoms with Crippen molar-refractivity contribution in [2.75, 3.05) is 20.2 Å². The number of fused-ring (bicyclic) bond motifs is 18. The van der Waals surface area contributed by atoms with Crippen molar-refractivity contribution in [3.05, 3.63) is 0 Å². The van der Waals surface area contributed by atoms with Crippen LogP contribution in [0, 0.1) is 171 Å². The smallest absolute Gasteiger partial charge is 0.344 e. The van der Waals surface area contributed by atoms with Gasteiger partial charge >= 0.3 is 35.8 Å². The van der Waals surface area contributed by atoms with Crippen molar-refractivity contribution in [2.45, 2.75) is 246 Å². The fourth-order valence-corrected chi connectivity index (χ4v) is 26.0. The molecule has 0 N–H and O–H groups in total. The van der Waals surface area contributed by atoms with Gasteiger partial charge in [0.25, 0.3) is 0 Å². The zero-order chi connectivity index (χ0) is 65.8. The maximum Gasteiger partial charge on any atom is 0.344 e. The number of esters is 6. The summed E-state index contributed by atoms with van der Waals surface area (Å²) in [5.41, 5.74) is -1.34. The lowest BCUT2D eigenvalue weighted by Gasteiger charge is -2.59. The third-order valence-electron chi connectivity index (χ3n) is 31.0. The van der Waals surface area contributed by atoms with Crippen LogP contribution in [0.3, 0.4) is 0 Å². The van der Waals surface area contributed by atoms with E-state index in [4.69, 9.17) is 37.9 Å². The van der Waals surface area contributed by atoms with Crippen LogP contribution in [0.25, 0.3) is 0 Å². The first-order valence-electron chi connectivity index (χ1n) is 38.4. The fourth-order valence-electron chi connectivity index (χ4n) is 26.0. The molecule has 0 radical (unpaired) electrons. The molecule has 520 valence electrons. The summed E-state index contributed by atoms with van der Waals surface area (Å²) in [6.07, 6.45) is 25.2. The maximum atomic E-state index is 13.2. The van der Waals surface area contributed by atoms with Crippen LogP contribution in [0.5, 0.6) is 0 Å². The number of carbonyl (C=O) groups is 8. The molecule has 20 aliphatic rings. The maximum absolute atomic E-state index is 13.2. The summed E-state index contributed by atoms with van der Waals surface area (Å²) in [5.74, 6) is 11.6. The first-order valence-corrected chi connectivity index (χ1v) is 38.4. The van der Waals surface area contributed by atoms with Gasteiger partial charge in [0.1, 0.15) is 29.4 Å². The fraction of sp³-hybridized carbons (Fsp3) is 0.897. The quantitative estimate of drug-likeness (QED) is 0.0509. The minimum Gasteiger partial charge on any atom is -0.462 e. The lowest BCUT2D eigenvalue weighted by Crippen LogP contribution is -2.58. The van der Waals surface area contributed by atoms with E-state index >= 15 is 0 Å². The van der Waals surface area contributed by atoms with Crippen molar-refractivity contribution in [2.24, 2.45) is 171 Å². The third-order valence-corrected chi connectivity index (χ3v) is 31.0. The van der Waals surface area contributed by atoms with E-state index in [0.717, 1.165) is 121 Å². The summed E-state index contributed by atoms with van der Waals surface area (Å²) in [4.78, 5) is 101. The van der Waals surface area contributed by atoms with Crippen molar-refractivity contribution >= 4 is 47.4 Å². The molecular weight excluding hydrogens is 1190 g/mol. The Bertz CT molecular complexity index is 2940. The SMILES string of the molecule is CCC(C)(C)C(=O)OC1CC2CC1C1C3CC(CC3C(=O)OCOC3C4CC5CC(C4)C(=O)C3C5)C21.CCC(C)(C)C(=O)OCC(=O)OC1(C)C2CC3CC(C2)CC1C3.CCC(C)C(=O)OC1CC2CC1C1C3CC(CC3C(=O)OCOC3C4CC5CC(C4)C(=O)C3C5)C21. The molecule has 16 nitrogen and oxygen atoms in total. The molecule has 0 aromatic carbocycles. The monoisotopic (exact) mass is 1300 g/mol. The van der Waals surface area contributed by atoms with Gasteiger partial charge in [-0.2, -0.15) is 0 Å². The zero-order valence-electron chi connectivity index (χ0n) is 58.0. The Hall–Kier alpha value is -3.92. The second-order valence-electron chi connectivity index (χ2n) is 36.3. The second kappa shape index (κ2) is 25.1. The Balaban J connectivity index is 0.000000120. The minimum atomic E-state index is -0.549. The number of ketones is 2. The Kier molecular flexibility index (Phi) is 17.6. The van der Waals surface area contributed by atoms with Gasteiger partial charge in [-0.25, -0.2) is 4.79 Å². The Morgan fingerprint density at radius 1 is 0.468 bits per heavy atom. The molecule has 0 spiro atoms. The van der Waals surface area contributed by atoms with Crippen molar-refractivity contribution in [1.82, 2.24) is 0 Å². The van der Waals surface area contributed by atoms with Gasteiger partial charge in [0.2, 0.25) is 0 Å². The molecule has 27 atom stereocenters. The highest BCUT2D eigenvalue weighted by Crippen LogP contribution is 2.71. The van der Waals surface area contributed by atoms with Crippen molar-refractivity contribution < 1.29 is 76.3 Å². The number of ether oxygens (including phenoxy) is 8. The number of rotatable bonds is 19. The summed E-state index contributed by atoms with van der Waals surface area (Å²) in [7, 11) is 0. The molecule has 0 aromatic heterocycles. The number of carbonyl (C=O) groups excluding carboxylic acids is 8. The van der Waals surface area contributed by atoms with Crippen LogP contribution in [0.4, 0.5) is 0 Å². The van der Waals surface area contributed by atoms with Gasteiger partial charge in [-0.05, 0) is 307 Å². The van der Waals surface area contributed by atoms with Crippen LogP contribution in [0.2, 0.25) is 0 Å². The van der Waals surface area contributed by atoms with E-state index in [2.05, 4.69) is 6.92 Å². The summed E-state index contributed by atoms with van der Waals surface area (Å²) < 4.78 is 46.9. The number of Topliss-reactive ketones (excluding diaryl/α,β-unsaturated/α-hetero) is 2. The molecule has 0 amide bonds. The van der Waals surface area contributed by atoms with Crippen LogP contribution in [0.1, 0.15) is 216 Å². The predicted molar refractivity (Wildman–Crippen MR) is 342 cm³/mol. The molecular formula is C78H112O16. The van der Waals surface area contributed by atoms with Crippen LogP contribution in [-0.2, 0) is 76.3 Å². The molecule has 20 rings (SSSR count). The van der Waals surface area contributed by atoms with Gasteiger partial charge in [0, 0.05) is 23.7 Å². The summed E-state index contributed by atoms with van der Waals surface area (Å²) >= 11 is 0. The van der Waals surface area contributed by atoms with E-state index in [0.29, 0.717) is 125 Å². The number of hydrogen-bond donors (Lipinski definition) is 0. The highest BCUT2D eigenvalue weighted by molar-refractivity contribution is 5.87. The van der Waals surface area contributed by atoms with Gasteiger partial charge in [0.05, 0.1) is 40.8 Å². The molecule has 0 heterocycles. The van der Waals surface area contributed by atoms with Crippen LogP contribution >= 0.6 is 0 Å². The lowest BCUT2D eigenvalue weighted by molar-refractivity contribution is -0.208. The predicted octanol–water partition coefficient (Wildman–Crippen LogP) is 12.9. The summed E-state index contributed by atoms with van der Waals surface area (Å²) in [6.45, 7) is 17.4. The van der Waals surface area contributed by atoms with E-state index in [1.54, 1.807) is 0 Å². The van der Waals surface area contributed by atoms with Crippen molar-refractivity contribution in [3.8, 4) is 0 Å². The van der Waals surface area contributed by atoms with Crippen LogP contribution in [0.15, 0.2) is 0 Å². The minimum absolute atomic E-state index is 0.0116. The van der Waals surface area contributed by atoms with E-state index in [9.17, 15) is 38.4 Å². The Morgan fingerprint density at radius 2 is 0.904 bits per heavy atom. The molecule has 0 aliphatic heterocycles. The van der Waals surface area contributed by atoms with Gasteiger partial charge in [-0.15, -0.1) is 0 Å². The van der Waals surface area contributed by atoms with Crippen molar-refractivity contribution in [3.63, 3.8) is 0 Å². The average molecular weight is 1310 g/mol. The zero-order valence-corrected chi connectivity index (χ0v) is 58.0. The Morgan fingerprint density at radius 3 is 1.37 bits per heavy atom. The molecule has 16 heteroatoms. The van der Waals surface area contributed by atoms with Gasteiger partial charge in [0.15, 0.2) is 20.2 Å². The van der Waals surface area contributed by atoms with E-state index in [1.807, 2.05) is 55.4 Å². The lowest BCUT2D eigenvalue weighted by atomic mass is 9.50. The van der Waals surface area contributed by atoms with Crippen molar-refractivity contribution in [1.29, 1.82) is 0 Å². The van der Waals surface area contributed by atoms with E-state index in [1.165, 1.54) is 38.5 Å². The van der Waals surface area contributed by atoms with Gasteiger partial charge < -0.3 is 37.9 Å². The van der Waals surface area contributed by atoms with Crippen LogP contribution in [-0.4, -0.2) is 97.6 Å². The Labute approximate surface area is 558 Å². The highest BCUT2D eigenvalue weighted by atomic mass is 16.7. The molecule has 20 fully saturated rings. The average Bonchev–Trinajstić information content (AvgIpc) is 1.50. The first kappa shape index (κ1) is 66.0. The van der Waals surface area contributed by atoms with Gasteiger partial charge in [-0.1, -0.05) is 27.7 Å². The standard InChI is InChI=1S/C30H42O6.C29H40O6.C19H30O4/c1-4-30(2,3)29(33)36-23-12-16-11-21(23)25-19-9-15(24(16)25)10-20(19)28(32)35-13-34-27-18-6-14-5-17(8-18)26(31)22(27)7-14;1-3-13(2)28(31)35-23-11-16-10-21(23)25-19-8-15(24(16)25)9-20(19)29(32)34-12-33-27-18-5-14-4-17(7-18)26(30)22(27)6-14;1-5-18(2,3)17(21)22-11-16(20)23-19(4)14-7-12-6-13(9-14)10-15(19)8-12/h14-25,27H,4-13H2,1-3H3;13-25,27H,3-12H2,1-2H3;12-15H,5-11H2,1-4H3. The van der Waals surface area contributed by atoms with E-state index in [-0.39, 0.29) is 127 Å². The second-order valence-corrected chi connectivity index (χ2v) is 36.3. The molecule has 20 aliphatic carbocycles. The molecule has 20 saturated carbocycles. The normalized spacial score (nSPS) is 47.4.